The van der Waals surface area contributed by atoms with Crippen molar-refractivity contribution in [3.63, 3.8) is 0 Å². The second-order valence-electron chi connectivity index (χ2n) is 4.55. The van der Waals surface area contributed by atoms with E-state index in [0.717, 1.165) is 0 Å². The number of alkyl halides is 1. The molecule has 0 heterocycles. The third-order valence-corrected chi connectivity index (χ3v) is 3.81. The van der Waals surface area contributed by atoms with Gasteiger partial charge in [0.05, 0.1) is 68.9 Å². The van der Waals surface area contributed by atoms with E-state index in [4.69, 9.17) is 43.5 Å². The number of halogens is 2. The van der Waals surface area contributed by atoms with Gasteiger partial charge in [-0.1, -0.05) is 11.6 Å². The van der Waals surface area contributed by atoms with Gasteiger partial charge in [0, 0.05) is 0 Å². The topological polar surface area (TPSA) is 120 Å². The molecular formula is C10H22Cl2O7Te. The molecule has 0 saturated heterocycles. The van der Waals surface area contributed by atoms with Crippen LogP contribution in [0.15, 0.2) is 0 Å². The van der Waals surface area contributed by atoms with Crippen molar-refractivity contribution in [1.82, 2.24) is 0 Å². The molecule has 0 saturated carbocycles. The van der Waals surface area contributed by atoms with E-state index in [1.54, 1.807) is 0 Å². The predicted octanol–water partition coefficient (Wildman–Crippen LogP) is -2.24. The van der Waals surface area contributed by atoms with Crippen molar-refractivity contribution in [2.45, 2.75) is 5.56 Å². The van der Waals surface area contributed by atoms with E-state index in [9.17, 15) is 10.2 Å². The summed E-state index contributed by atoms with van der Waals surface area (Å²) < 4.78 is 9.57. The summed E-state index contributed by atoms with van der Waals surface area (Å²) in [6.45, 7) is -2.97. The molecule has 0 radical (unpaired) electrons. The maximum atomic E-state index is 9.27. The summed E-state index contributed by atoms with van der Waals surface area (Å²) in [5, 5.41) is 45.9. The standard InChI is InChI=1S/C10H20Cl2O7.H2Te/c11-8(19-12)10(4-16,5-17)7-18-6-9(1-13,2-14)3-15;/h8,13-17H,1-7H2;1H2. The fourth-order valence-corrected chi connectivity index (χ4v) is 1.59. The molecule has 0 aliphatic rings. The van der Waals surface area contributed by atoms with E-state index in [1.165, 1.54) is 0 Å². The Hall–Kier alpha value is 1.09. The second kappa shape index (κ2) is 11.6. The van der Waals surface area contributed by atoms with Gasteiger partial charge in [-0.3, -0.25) is 4.29 Å². The van der Waals surface area contributed by atoms with Gasteiger partial charge in [-0.15, -0.1) is 0 Å². The molecule has 0 spiro atoms. The molecule has 20 heavy (non-hydrogen) atoms. The second-order valence-corrected chi connectivity index (χ2v) is 5.13. The normalized spacial score (nSPS) is 13.9. The van der Waals surface area contributed by atoms with Crippen LogP contribution in [0.5, 0.6) is 0 Å². The van der Waals surface area contributed by atoms with Gasteiger partial charge in [0.25, 0.3) is 0 Å². The minimum absolute atomic E-state index is 0. The minimum atomic E-state index is -1.34. The number of rotatable bonds is 11. The zero-order valence-electron chi connectivity index (χ0n) is 10.8. The summed E-state index contributed by atoms with van der Waals surface area (Å²) in [6.07, 6.45) is 0. The van der Waals surface area contributed by atoms with Crippen molar-refractivity contribution >= 4 is 47.1 Å². The third kappa shape index (κ3) is 6.07. The van der Waals surface area contributed by atoms with Gasteiger partial charge in [-0.25, -0.2) is 0 Å². The molecule has 0 aromatic rings. The van der Waals surface area contributed by atoms with Crippen molar-refractivity contribution in [2.75, 3.05) is 46.2 Å². The molecule has 0 amide bonds. The van der Waals surface area contributed by atoms with Gasteiger partial charge in [0.15, 0.2) is 5.56 Å². The van der Waals surface area contributed by atoms with Crippen LogP contribution >= 0.6 is 23.5 Å². The first-order valence-electron chi connectivity index (χ1n) is 5.53. The summed E-state index contributed by atoms with van der Waals surface area (Å²) in [6, 6.07) is 0. The molecule has 0 bridgehead atoms. The Kier molecular flexibility index (Phi) is 13.6. The summed E-state index contributed by atoms with van der Waals surface area (Å²) in [7, 11) is 0. The molecule has 10 heteroatoms. The molecule has 1 atom stereocenters. The maximum absolute atomic E-state index is 9.27. The van der Waals surface area contributed by atoms with E-state index in [1.807, 2.05) is 0 Å². The Morgan fingerprint density at radius 3 is 1.60 bits per heavy atom. The van der Waals surface area contributed by atoms with Crippen LogP contribution in [-0.2, 0) is 9.03 Å². The van der Waals surface area contributed by atoms with E-state index in [2.05, 4.69) is 4.29 Å². The van der Waals surface area contributed by atoms with E-state index >= 15 is 0 Å². The van der Waals surface area contributed by atoms with E-state index in [0.29, 0.717) is 0 Å². The van der Waals surface area contributed by atoms with Crippen LogP contribution in [-0.4, -0.2) is 101 Å². The fourth-order valence-electron chi connectivity index (χ4n) is 1.20. The SMILES string of the molecule is OCC(CO)(CO)COCC(CO)(CO)C(Cl)OCl.[TeH2]. The molecular weight excluding hydrogens is 431 g/mol. The number of hydrogen-bond donors (Lipinski definition) is 5. The summed E-state index contributed by atoms with van der Waals surface area (Å²) in [4.78, 5) is 0. The quantitative estimate of drug-likeness (QED) is 0.178. The number of hydrogen-bond acceptors (Lipinski definition) is 7. The average molecular weight is 453 g/mol. The summed E-state index contributed by atoms with van der Waals surface area (Å²) >= 11 is 10.9. The van der Waals surface area contributed by atoms with Gasteiger partial charge in [0.2, 0.25) is 0 Å². The Labute approximate surface area is 144 Å². The summed E-state index contributed by atoms with van der Waals surface area (Å²) in [5.41, 5.74) is -3.74. The van der Waals surface area contributed by atoms with Crippen LogP contribution in [0.2, 0.25) is 0 Å². The van der Waals surface area contributed by atoms with Crippen LogP contribution in [0.25, 0.3) is 0 Å². The van der Waals surface area contributed by atoms with Crippen LogP contribution in [0.4, 0.5) is 0 Å². The predicted molar refractivity (Wildman–Crippen MR) is 76.2 cm³/mol. The van der Waals surface area contributed by atoms with Gasteiger partial charge < -0.3 is 30.3 Å². The van der Waals surface area contributed by atoms with Crippen LogP contribution in [0.1, 0.15) is 0 Å². The van der Waals surface area contributed by atoms with Crippen molar-refractivity contribution in [3.05, 3.63) is 0 Å². The Morgan fingerprint density at radius 2 is 1.30 bits per heavy atom. The van der Waals surface area contributed by atoms with Gasteiger partial charge in [0.1, 0.15) is 0 Å². The average Bonchev–Trinajstić information content (AvgIpc) is 2.48. The van der Waals surface area contributed by atoms with Gasteiger partial charge >= 0.3 is 23.7 Å². The zero-order valence-corrected chi connectivity index (χ0v) is 15.2. The first-order chi connectivity index (χ1) is 8.99. The van der Waals surface area contributed by atoms with Gasteiger partial charge in [-0.2, -0.15) is 0 Å². The molecule has 5 N–H and O–H groups in total. The number of ether oxygens (including phenoxy) is 1. The number of aliphatic hydroxyl groups is 5. The Morgan fingerprint density at radius 1 is 0.850 bits per heavy atom. The molecule has 7 nitrogen and oxygen atoms in total. The first kappa shape index (κ1) is 23.4. The third-order valence-electron chi connectivity index (χ3n) is 2.99. The molecule has 0 aromatic heterocycles. The van der Waals surface area contributed by atoms with E-state index < -0.39 is 49.4 Å². The Bertz CT molecular complexity index is 231. The van der Waals surface area contributed by atoms with Crippen molar-refractivity contribution in [3.8, 4) is 0 Å². The summed E-state index contributed by atoms with van der Waals surface area (Å²) in [5.74, 6) is 0. The first-order valence-corrected chi connectivity index (χ1v) is 6.28. The van der Waals surface area contributed by atoms with Gasteiger partial charge in [-0.05, 0) is 0 Å². The molecule has 0 rings (SSSR count). The molecule has 0 aromatic carbocycles. The van der Waals surface area contributed by atoms with Crippen LogP contribution < -0.4 is 0 Å². The number of aliphatic hydroxyl groups excluding tert-OH is 5. The van der Waals surface area contributed by atoms with Crippen molar-refractivity contribution in [1.29, 1.82) is 0 Å². The van der Waals surface area contributed by atoms with Crippen LogP contribution in [0, 0.1) is 10.8 Å². The van der Waals surface area contributed by atoms with Crippen LogP contribution in [0.3, 0.4) is 0 Å². The molecule has 1 unspecified atom stereocenters. The molecule has 0 aliphatic carbocycles. The molecule has 0 aliphatic heterocycles. The monoisotopic (exact) mass is 454 g/mol. The van der Waals surface area contributed by atoms with Crippen molar-refractivity contribution in [2.24, 2.45) is 10.8 Å². The molecule has 124 valence electrons. The van der Waals surface area contributed by atoms with E-state index in [-0.39, 0.29) is 36.9 Å². The Balaban J connectivity index is 0. The fraction of sp³-hybridized carbons (Fsp3) is 1.00. The molecule has 0 fully saturated rings. The van der Waals surface area contributed by atoms with Crippen molar-refractivity contribution < 1.29 is 34.6 Å². The zero-order chi connectivity index (χ0) is 14.9.